The second-order valence-corrected chi connectivity index (χ2v) is 4.60. The van der Waals surface area contributed by atoms with Crippen molar-refractivity contribution in [1.29, 1.82) is 0 Å². The molecule has 0 aromatic rings. The van der Waals surface area contributed by atoms with Crippen molar-refractivity contribution < 1.29 is 4.74 Å². The van der Waals surface area contributed by atoms with Crippen molar-refractivity contribution in [3.63, 3.8) is 0 Å². The SMILES string of the molecule is CN1CCC(NC2CCCCO2)CC1. The molecule has 2 heterocycles. The molecule has 0 saturated carbocycles. The summed E-state index contributed by atoms with van der Waals surface area (Å²) in [6, 6.07) is 0.689. The average Bonchev–Trinajstić information content (AvgIpc) is 2.23. The summed E-state index contributed by atoms with van der Waals surface area (Å²) in [5, 5.41) is 3.63. The van der Waals surface area contributed by atoms with Crippen molar-refractivity contribution >= 4 is 0 Å². The van der Waals surface area contributed by atoms with Gasteiger partial charge in [-0.1, -0.05) is 0 Å². The number of piperidine rings is 1. The van der Waals surface area contributed by atoms with Crippen molar-refractivity contribution in [2.24, 2.45) is 0 Å². The van der Waals surface area contributed by atoms with E-state index in [-0.39, 0.29) is 0 Å². The number of rotatable bonds is 2. The fourth-order valence-corrected chi connectivity index (χ4v) is 2.31. The third-order valence-electron chi connectivity index (χ3n) is 3.32. The highest BCUT2D eigenvalue weighted by Gasteiger charge is 2.21. The maximum atomic E-state index is 5.68. The maximum absolute atomic E-state index is 5.68. The molecule has 0 spiro atoms. The van der Waals surface area contributed by atoms with E-state index < -0.39 is 0 Å². The normalized spacial score (nSPS) is 31.9. The molecule has 0 aromatic carbocycles. The van der Waals surface area contributed by atoms with Gasteiger partial charge in [-0.15, -0.1) is 0 Å². The van der Waals surface area contributed by atoms with Crippen LogP contribution < -0.4 is 5.32 Å². The number of hydrogen-bond acceptors (Lipinski definition) is 3. The molecule has 0 aliphatic carbocycles. The van der Waals surface area contributed by atoms with E-state index in [1.807, 2.05) is 0 Å². The first kappa shape index (κ1) is 10.4. The molecule has 3 heteroatoms. The maximum Gasteiger partial charge on any atom is 0.108 e. The van der Waals surface area contributed by atoms with E-state index in [1.54, 1.807) is 0 Å². The standard InChI is InChI=1S/C11H22N2O/c1-13-7-5-10(6-8-13)12-11-4-2-3-9-14-11/h10-12H,2-9H2,1H3. The fourth-order valence-electron chi connectivity index (χ4n) is 2.31. The minimum atomic E-state index is 0.345. The Morgan fingerprint density at radius 2 is 1.93 bits per heavy atom. The summed E-state index contributed by atoms with van der Waals surface area (Å²) in [6.45, 7) is 3.40. The van der Waals surface area contributed by atoms with Crippen LogP contribution in [-0.4, -0.2) is 43.9 Å². The molecular formula is C11H22N2O. The van der Waals surface area contributed by atoms with Crippen LogP contribution in [0.4, 0.5) is 0 Å². The van der Waals surface area contributed by atoms with Gasteiger partial charge in [-0.05, 0) is 52.2 Å². The van der Waals surface area contributed by atoms with Gasteiger partial charge < -0.3 is 9.64 Å². The smallest absolute Gasteiger partial charge is 0.108 e. The summed E-state index contributed by atoms with van der Waals surface area (Å²) < 4.78 is 5.68. The highest BCUT2D eigenvalue weighted by Crippen LogP contribution is 2.14. The number of nitrogens with zero attached hydrogens (tertiary/aromatic N) is 1. The van der Waals surface area contributed by atoms with Crippen molar-refractivity contribution in [3.8, 4) is 0 Å². The van der Waals surface area contributed by atoms with Gasteiger partial charge in [0.25, 0.3) is 0 Å². The molecule has 0 radical (unpaired) electrons. The second-order valence-electron chi connectivity index (χ2n) is 4.60. The van der Waals surface area contributed by atoms with Crippen molar-refractivity contribution in [1.82, 2.24) is 10.2 Å². The molecular weight excluding hydrogens is 176 g/mol. The molecule has 2 saturated heterocycles. The van der Waals surface area contributed by atoms with Crippen LogP contribution in [-0.2, 0) is 4.74 Å². The number of nitrogens with one attached hydrogen (secondary N) is 1. The van der Waals surface area contributed by atoms with Gasteiger partial charge in [0, 0.05) is 12.6 Å². The largest absolute Gasteiger partial charge is 0.363 e. The Labute approximate surface area is 86.8 Å². The van der Waals surface area contributed by atoms with Crippen LogP contribution in [0.1, 0.15) is 32.1 Å². The van der Waals surface area contributed by atoms with Crippen LogP contribution in [0.25, 0.3) is 0 Å². The summed E-state index contributed by atoms with van der Waals surface area (Å²) in [7, 11) is 2.20. The zero-order valence-corrected chi connectivity index (χ0v) is 9.17. The zero-order valence-electron chi connectivity index (χ0n) is 9.17. The Balaban J connectivity index is 1.68. The highest BCUT2D eigenvalue weighted by atomic mass is 16.5. The van der Waals surface area contributed by atoms with Gasteiger partial charge in [0.1, 0.15) is 6.23 Å². The van der Waals surface area contributed by atoms with E-state index in [0.29, 0.717) is 12.3 Å². The van der Waals surface area contributed by atoms with Gasteiger partial charge in [-0.25, -0.2) is 0 Å². The van der Waals surface area contributed by atoms with Gasteiger partial charge in [-0.2, -0.15) is 0 Å². The van der Waals surface area contributed by atoms with E-state index in [4.69, 9.17) is 4.74 Å². The molecule has 1 N–H and O–H groups in total. The van der Waals surface area contributed by atoms with Crippen LogP contribution >= 0.6 is 0 Å². The predicted octanol–water partition coefficient (Wildman–Crippen LogP) is 1.20. The first-order chi connectivity index (χ1) is 6.84. The van der Waals surface area contributed by atoms with Gasteiger partial charge in [0.15, 0.2) is 0 Å². The molecule has 3 nitrogen and oxygen atoms in total. The lowest BCUT2D eigenvalue weighted by molar-refractivity contribution is -0.0167. The molecule has 2 aliphatic rings. The molecule has 2 aliphatic heterocycles. The quantitative estimate of drug-likeness (QED) is 0.721. The monoisotopic (exact) mass is 198 g/mol. The fraction of sp³-hybridized carbons (Fsp3) is 1.00. The molecule has 1 atom stereocenters. The summed E-state index contributed by atoms with van der Waals surface area (Å²) in [5.41, 5.74) is 0. The van der Waals surface area contributed by atoms with Crippen molar-refractivity contribution in [2.45, 2.75) is 44.4 Å². The molecule has 2 rings (SSSR count). The van der Waals surface area contributed by atoms with Crippen molar-refractivity contribution in [3.05, 3.63) is 0 Å². The van der Waals surface area contributed by atoms with E-state index in [9.17, 15) is 0 Å². The third kappa shape index (κ3) is 2.94. The van der Waals surface area contributed by atoms with E-state index in [2.05, 4.69) is 17.3 Å². The molecule has 1 unspecified atom stereocenters. The molecule has 82 valence electrons. The lowest BCUT2D eigenvalue weighted by atomic mass is 10.0. The highest BCUT2D eigenvalue weighted by molar-refractivity contribution is 4.77. The Kier molecular flexibility index (Phi) is 3.79. The first-order valence-electron chi connectivity index (χ1n) is 5.91. The minimum Gasteiger partial charge on any atom is -0.363 e. The van der Waals surface area contributed by atoms with E-state index in [1.165, 1.54) is 45.2 Å². The lowest BCUT2D eigenvalue weighted by Crippen LogP contribution is -2.47. The Bertz CT molecular complexity index is 161. The van der Waals surface area contributed by atoms with Gasteiger partial charge >= 0.3 is 0 Å². The second kappa shape index (κ2) is 5.10. The Morgan fingerprint density at radius 3 is 2.57 bits per heavy atom. The predicted molar refractivity (Wildman–Crippen MR) is 57.2 cm³/mol. The lowest BCUT2D eigenvalue weighted by Gasteiger charge is -2.33. The van der Waals surface area contributed by atoms with Gasteiger partial charge in [0.2, 0.25) is 0 Å². The Morgan fingerprint density at radius 1 is 1.14 bits per heavy atom. The number of hydrogen-bond donors (Lipinski definition) is 1. The van der Waals surface area contributed by atoms with Gasteiger partial charge in [0.05, 0.1) is 0 Å². The number of ether oxygens (including phenoxy) is 1. The number of likely N-dealkylation sites (tertiary alicyclic amines) is 1. The van der Waals surface area contributed by atoms with E-state index in [0.717, 1.165) is 6.61 Å². The van der Waals surface area contributed by atoms with E-state index >= 15 is 0 Å². The van der Waals surface area contributed by atoms with Crippen LogP contribution in [0.15, 0.2) is 0 Å². The summed E-state index contributed by atoms with van der Waals surface area (Å²) in [6.07, 6.45) is 6.66. The van der Waals surface area contributed by atoms with Crippen LogP contribution in [0.5, 0.6) is 0 Å². The molecule has 14 heavy (non-hydrogen) atoms. The van der Waals surface area contributed by atoms with Crippen LogP contribution in [0, 0.1) is 0 Å². The summed E-state index contributed by atoms with van der Waals surface area (Å²) in [5.74, 6) is 0. The molecule has 0 amide bonds. The zero-order chi connectivity index (χ0) is 9.80. The van der Waals surface area contributed by atoms with Gasteiger partial charge in [-0.3, -0.25) is 5.32 Å². The van der Waals surface area contributed by atoms with Crippen LogP contribution in [0.3, 0.4) is 0 Å². The molecule has 0 bridgehead atoms. The third-order valence-corrected chi connectivity index (χ3v) is 3.32. The molecule has 2 fully saturated rings. The Hall–Kier alpha value is -0.120. The van der Waals surface area contributed by atoms with Crippen molar-refractivity contribution in [2.75, 3.05) is 26.7 Å². The van der Waals surface area contributed by atoms with Crippen LogP contribution in [0.2, 0.25) is 0 Å². The summed E-state index contributed by atoms with van der Waals surface area (Å²) in [4.78, 5) is 2.40. The molecule has 0 aromatic heterocycles. The average molecular weight is 198 g/mol. The first-order valence-corrected chi connectivity index (χ1v) is 5.91. The summed E-state index contributed by atoms with van der Waals surface area (Å²) >= 11 is 0. The minimum absolute atomic E-state index is 0.345. The topological polar surface area (TPSA) is 24.5 Å².